The zero-order valence-electron chi connectivity index (χ0n) is 13.7. The van der Waals surface area contributed by atoms with E-state index < -0.39 is 10.8 Å². The maximum Gasteiger partial charge on any atom is 0.0577 e. The molecule has 0 aliphatic carbocycles. The fourth-order valence-electron chi connectivity index (χ4n) is 2.32. The molecule has 0 heterocycles. The normalized spacial score (nSPS) is 14.3. The lowest BCUT2D eigenvalue weighted by molar-refractivity contribution is 0.218. The number of hydrogen-bond donors (Lipinski definition) is 1. The van der Waals surface area contributed by atoms with E-state index in [9.17, 15) is 4.21 Å². The lowest BCUT2D eigenvalue weighted by Crippen LogP contribution is -2.27. The number of methoxy groups -OCH3 is 1. The minimum atomic E-state index is -0.854. The Morgan fingerprint density at radius 3 is 2.43 bits per heavy atom. The third kappa shape index (κ3) is 7.21. The summed E-state index contributed by atoms with van der Waals surface area (Å²) in [6, 6.07) is 8.87. The van der Waals surface area contributed by atoms with Crippen molar-refractivity contribution in [2.45, 2.75) is 33.2 Å². The summed E-state index contributed by atoms with van der Waals surface area (Å²) in [5, 5.41) is 3.43. The highest BCUT2D eigenvalue weighted by Crippen LogP contribution is 2.17. The molecule has 0 saturated carbocycles. The van der Waals surface area contributed by atoms with Gasteiger partial charge >= 0.3 is 0 Å². The molecule has 1 N–H and O–H groups in total. The van der Waals surface area contributed by atoms with E-state index >= 15 is 0 Å². The summed E-state index contributed by atoms with van der Waals surface area (Å²) < 4.78 is 17.1. The van der Waals surface area contributed by atoms with Crippen LogP contribution in [0.2, 0.25) is 0 Å². The van der Waals surface area contributed by atoms with Gasteiger partial charge in [0, 0.05) is 35.5 Å². The summed E-state index contributed by atoms with van der Waals surface area (Å²) >= 11 is 0. The first-order valence-electron chi connectivity index (χ1n) is 7.73. The van der Waals surface area contributed by atoms with Crippen LogP contribution in [0.5, 0.6) is 0 Å². The Hall–Kier alpha value is -0.710. The average Bonchev–Trinajstić information content (AvgIpc) is 2.45. The zero-order chi connectivity index (χ0) is 15.7. The van der Waals surface area contributed by atoms with Gasteiger partial charge in [-0.2, -0.15) is 0 Å². The third-order valence-electron chi connectivity index (χ3n) is 3.34. The second-order valence-corrected chi connectivity index (χ2v) is 7.37. The van der Waals surface area contributed by atoms with E-state index in [4.69, 9.17) is 4.74 Å². The second-order valence-electron chi connectivity index (χ2n) is 5.75. The lowest BCUT2D eigenvalue weighted by Gasteiger charge is -2.18. The van der Waals surface area contributed by atoms with Crippen molar-refractivity contribution in [3.05, 3.63) is 35.4 Å². The van der Waals surface area contributed by atoms with Crippen LogP contribution in [0.3, 0.4) is 0 Å². The number of benzene rings is 1. The van der Waals surface area contributed by atoms with Crippen molar-refractivity contribution in [3.8, 4) is 0 Å². The molecule has 0 radical (unpaired) electrons. The Morgan fingerprint density at radius 2 is 1.90 bits per heavy atom. The van der Waals surface area contributed by atoms with Gasteiger partial charge in [0.15, 0.2) is 0 Å². The minimum Gasteiger partial charge on any atom is -0.384 e. The topological polar surface area (TPSA) is 38.3 Å². The molecule has 0 aromatic heterocycles. The van der Waals surface area contributed by atoms with Gasteiger partial charge in [0.2, 0.25) is 0 Å². The SMILES string of the molecule is CCNC(CS(=O)CCOC)c1ccc(CC(C)C)cc1. The van der Waals surface area contributed by atoms with E-state index in [0.717, 1.165) is 13.0 Å². The highest BCUT2D eigenvalue weighted by Gasteiger charge is 2.14. The van der Waals surface area contributed by atoms with Crippen molar-refractivity contribution in [2.75, 3.05) is 31.8 Å². The number of hydrogen-bond acceptors (Lipinski definition) is 3. The van der Waals surface area contributed by atoms with Crippen LogP contribution in [0, 0.1) is 5.92 Å². The summed E-state index contributed by atoms with van der Waals surface area (Å²) in [6.45, 7) is 7.97. The van der Waals surface area contributed by atoms with E-state index in [1.165, 1.54) is 11.1 Å². The Balaban J connectivity index is 2.68. The molecule has 3 nitrogen and oxygen atoms in total. The highest BCUT2D eigenvalue weighted by atomic mass is 32.2. The van der Waals surface area contributed by atoms with Crippen LogP contribution in [0.4, 0.5) is 0 Å². The van der Waals surface area contributed by atoms with Crippen LogP contribution in [0.15, 0.2) is 24.3 Å². The van der Waals surface area contributed by atoms with Crippen molar-refractivity contribution in [1.82, 2.24) is 5.32 Å². The van der Waals surface area contributed by atoms with Crippen LogP contribution in [-0.4, -0.2) is 36.0 Å². The molecule has 1 aromatic carbocycles. The van der Waals surface area contributed by atoms with Gasteiger partial charge < -0.3 is 10.1 Å². The first-order chi connectivity index (χ1) is 10.1. The molecule has 0 aliphatic rings. The van der Waals surface area contributed by atoms with Crippen LogP contribution < -0.4 is 5.32 Å². The average molecular weight is 311 g/mol. The molecule has 0 amide bonds. The highest BCUT2D eigenvalue weighted by molar-refractivity contribution is 7.85. The van der Waals surface area contributed by atoms with E-state index in [0.29, 0.717) is 24.0 Å². The molecule has 1 aromatic rings. The standard InChI is InChI=1S/C17H29NO2S/c1-5-18-17(13-21(19)11-10-20-4)16-8-6-15(7-9-16)12-14(2)3/h6-9,14,17-18H,5,10-13H2,1-4H3. The Labute approximate surface area is 131 Å². The predicted molar refractivity (Wildman–Crippen MR) is 91.2 cm³/mol. The third-order valence-corrected chi connectivity index (χ3v) is 4.67. The van der Waals surface area contributed by atoms with Gasteiger partial charge in [-0.25, -0.2) is 0 Å². The van der Waals surface area contributed by atoms with E-state index in [2.05, 4.69) is 50.4 Å². The van der Waals surface area contributed by atoms with Crippen LogP contribution in [0.1, 0.15) is 37.9 Å². The summed E-state index contributed by atoms with van der Waals surface area (Å²) in [5.74, 6) is 1.91. The molecule has 4 heteroatoms. The monoisotopic (exact) mass is 311 g/mol. The molecule has 0 saturated heterocycles. The van der Waals surface area contributed by atoms with Gasteiger partial charge in [-0.1, -0.05) is 45.0 Å². The molecule has 2 atom stereocenters. The van der Waals surface area contributed by atoms with Gasteiger partial charge in [-0.05, 0) is 30.0 Å². The maximum atomic E-state index is 12.1. The van der Waals surface area contributed by atoms with Gasteiger partial charge in [-0.15, -0.1) is 0 Å². The van der Waals surface area contributed by atoms with E-state index in [1.54, 1.807) is 7.11 Å². The quantitative estimate of drug-likeness (QED) is 0.722. The Kier molecular flexibility index (Phi) is 8.81. The van der Waals surface area contributed by atoms with Gasteiger partial charge in [-0.3, -0.25) is 4.21 Å². The van der Waals surface area contributed by atoms with Crippen molar-refractivity contribution in [1.29, 1.82) is 0 Å². The fourth-order valence-corrected chi connectivity index (χ4v) is 3.52. The summed E-state index contributed by atoms with van der Waals surface area (Å²) in [5.41, 5.74) is 2.58. The molecule has 0 fully saturated rings. The van der Waals surface area contributed by atoms with Gasteiger partial charge in [0.05, 0.1) is 6.61 Å². The summed E-state index contributed by atoms with van der Waals surface area (Å²) in [6.07, 6.45) is 1.10. The molecule has 0 aliphatic heterocycles. The number of rotatable bonds is 10. The fraction of sp³-hybridized carbons (Fsp3) is 0.647. The largest absolute Gasteiger partial charge is 0.384 e. The molecule has 120 valence electrons. The number of nitrogens with one attached hydrogen (secondary N) is 1. The van der Waals surface area contributed by atoms with Gasteiger partial charge in [0.1, 0.15) is 0 Å². The molecule has 1 rings (SSSR count). The first-order valence-corrected chi connectivity index (χ1v) is 9.21. The van der Waals surface area contributed by atoms with E-state index in [1.807, 2.05) is 0 Å². The molecule has 0 spiro atoms. The van der Waals surface area contributed by atoms with Crippen molar-refractivity contribution < 1.29 is 8.95 Å². The van der Waals surface area contributed by atoms with Gasteiger partial charge in [0.25, 0.3) is 0 Å². The number of ether oxygens (including phenoxy) is 1. The van der Waals surface area contributed by atoms with Crippen LogP contribution in [0.25, 0.3) is 0 Å². The van der Waals surface area contributed by atoms with Crippen LogP contribution >= 0.6 is 0 Å². The second kappa shape index (κ2) is 10.1. The molecular formula is C17H29NO2S. The minimum absolute atomic E-state index is 0.154. The van der Waals surface area contributed by atoms with Crippen molar-refractivity contribution >= 4 is 10.8 Å². The lowest BCUT2D eigenvalue weighted by atomic mass is 10.00. The van der Waals surface area contributed by atoms with E-state index in [-0.39, 0.29) is 6.04 Å². The first kappa shape index (κ1) is 18.3. The zero-order valence-corrected chi connectivity index (χ0v) is 14.5. The smallest absolute Gasteiger partial charge is 0.0577 e. The molecule has 21 heavy (non-hydrogen) atoms. The van der Waals surface area contributed by atoms with Crippen molar-refractivity contribution in [3.63, 3.8) is 0 Å². The summed E-state index contributed by atoms with van der Waals surface area (Å²) in [7, 11) is 0.791. The predicted octanol–water partition coefficient (Wildman–Crippen LogP) is 2.93. The molecule has 2 unspecified atom stereocenters. The maximum absolute atomic E-state index is 12.1. The van der Waals surface area contributed by atoms with Crippen LogP contribution in [-0.2, 0) is 22.0 Å². The molecular weight excluding hydrogens is 282 g/mol. The Morgan fingerprint density at radius 1 is 1.24 bits per heavy atom. The van der Waals surface area contributed by atoms with Crippen molar-refractivity contribution in [2.24, 2.45) is 5.92 Å². The molecule has 0 bridgehead atoms. The Bertz CT molecular complexity index is 417. The summed E-state index contributed by atoms with van der Waals surface area (Å²) in [4.78, 5) is 0.